The predicted octanol–water partition coefficient (Wildman–Crippen LogP) is 4.29. The van der Waals surface area contributed by atoms with Crippen molar-refractivity contribution in [1.82, 2.24) is 0 Å². The van der Waals surface area contributed by atoms with E-state index in [0.29, 0.717) is 23.9 Å². The monoisotopic (exact) mass is 314 g/mol. The van der Waals surface area contributed by atoms with Gasteiger partial charge in [-0.05, 0) is 86.2 Å². The fourth-order valence-electron chi connectivity index (χ4n) is 6.94. The van der Waals surface area contributed by atoms with Crippen molar-refractivity contribution >= 4 is 5.78 Å². The van der Waals surface area contributed by atoms with Crippen LogP contribution in [0.15, 0.2) is 23.8 Å². The first kappa shape index (κ1) is 15.6. The van der Waals surface area contributed by atoms with Gasteiger partial charge in [0.05, 0.1) is 0 Å². The van der Waals surface area contributed by atoms with E-state index in [1.165, 1.54) is 37.7 Å². The number of aliphatic hydroxyl groups is 1. The summed E-state index contributed by atoms with van der Waals surface area (Å²) < 4.78 is 0. The third-order valence-corrected chi connectivity index (χ3v) is 8.23. The van der Waals surface area contributed by atoms with Crippen LogP contribution in [-0.4, -0.2) is 17.5 Å². The molecule has 4 aliphatic rings. The minimum absolute atomic E-state index is 0.118. The van der Waals surface area contributed by atoms with Gasteiger partial charge in [-0.15, -0.1) is 0 Å². The lowest BCUT2D eigenvalue weighted by Crippen LogP contribution is -2.49. The maximum Gasteiger partial charge on any atom is 0.178 e. The van der Waals surface area contributed by atoms with Gasteiger partial charge < -0.3 is 5.11 Å². The highest BCUT2D eigenvalue weighted by atomic mass is 16.3. The summed E-state index contributed by atoms with van der Waals surface area (Å²) in [5.74, 6) is 3.23. The Hall–Kier alpha value is -0.890. The third-order valence-electron chi connectivity index (χ3n) is 8.23. The average Bonchev–Trinajstić information content (AvgIpc) is 2.85. The number of rotatable bonds is 2. The first-order valence-electron chi connectivity index (χ1n) is 9.54. The molecule has 0 heterocycles. The summed E-state index contributed by atoms with van der Waals surface area (Å²) in [7, 11) is 0. The molecule has 2 nitrogen and oxygen atoms in total. The van der Waals surface area contributed by atoms with Crippen molar-refractivity contribution in [2.45, 2.75) is 58.8 Å². The van der Waals surface area contributed by atoms with Gasteiger partial charge in [0.25, 0.3) is 0 Å². The number of allylic oxidation sites excluding steroid dienone is 4. The molecule has 4 aliphatic carbocycles. The third kappa shape index (κ3) is 2.13. The second-order valence-electron chi connectivity index (χ2n) is 8.93. The van der Waals surface area contributed by atoms with E-state index in [1.807, 2.05) is 12.2 Å². The van der Waals surface area contributed by atoms with Gasteiger partial charge in [0.2, 0.25) is 0 Å². The maximum atomic E-state index is 11.8. The summed E-state index contributed by atoms with van der Waals surface area (Å²) in [4.78, 5) is 11.8. The maximum absolute atomic E-state index is 11.8. The molecule has 0 aliphatic heterocycles. The average molecular weight is 314 g/mol. The van der Waals surface area contributed by atoms with Crippen molar-refractivity contribution < 1.29 is 9.90 Å². The number of carbonyl (C=O) groups excluding carboxylic acids is 1. The van der Waals surface area contributed by atoms with Gasteiger partial charge in [-0.3, -0.25) is 4.79 Å². The van der Waals surface area contributed by atoms with Gasteiger partial charge >= 0.3 is 0 Å². The van der Waals surface area contributed by atoms with Crippen molar-refractivity contribution in [3.63, 3.8) is 0 Å². The zero-order valence-electron chi connectivity index (χ0n) is 14.6. The van der Waals surface area contributed by atoms with E-state index >= 15 is 0 Å². The molecule has 0 aromatic rings. The lowest BCUT2D eigenvalue weighted by Gasteiger charge is -2.57. The molecule has 126 valence electrons. The van der Waals surface area contributed by atoms with Gasteiger partial charge in [-0.25, -0.2) is 0 Å². The van der Waals surface area contributed by atoms with E-state index in [9.17, 15) is 9.90 Å². The molecule has 23 heavy (non-hydrogen) atoms. The Morgan fingerprint density at radius 2 is 2.00 bits per heavy atom. The normalized spacial score (nSPS) is 48.5. The topological polar surface area (TPSA) is 37.3 Å². The van der Waals surface area contributed by atoms with E-state index in [4.69, 9.17) is 0 Å². The van der Waals surface area contributed by atoms with Crippen LogP contribution in [-0.2, 0) is 4.79 Å². The van der Waals surface area contributed by atoms with Crippen LogP contribution in [0.3, 0.4) is 0 Å². The van der Waals surface area contributed by atoms with Crippen molar-refractivity contribution in [1.29, 1.82) is 0 Å². The minimum Gasteiger partial charge on any atom is -0.396 e. The Morgan fingerprint density at radius 3 is 2.78 bits per heavy atom. The molecule has 0 amide bonds. The van der Waals surface area contributed by atoms with E-state index in [1.54, 1.807) is 0 Å². The highest BCUT2D eigenvalue weighted by Gasteiger charge is 2.58. The Bertz CT molecular complexity index is 574. The molecule has 6 atom stereocenters. The molecule has 1 N–H and O–H groups in total. The van der Waals surface area contributed by atoms with E-state index in [-0.39, 0.29) is 11.2 Å². The summed E-state index contributed by atoms with van der Waals surface area (Å²) in [5.41, 5.74) is 1.95. The van der Waals surface area contributed by atoms with Crippen LogP contribution < -0.4 is 0 Å². The summed E-state index contributed by atoms with van der Waals surface area (Å²) in [6.45, 7) is 5.23. The number of hydrogen-bond donors (Lipinski definition) is 1. The molecule has 0 aromatic heterocycles. The summed E-state index contributed by atoms with van der Waals surface area (Å²) in [5, 5.41) is 9.44. The van der Waals surface area contributed by atoms with Gasteiger partial charge in [0, 0.05) is 12.0 Å². The largest absolute Gasteiger partial charge is 0.396 e. The Morgan fingerprint density at radius 1 is 1.17 bits per heavy atom. The smallest absolute Gasteiger partial charge is 0.178 e. The fourth-order valence-corrected chi connectivity index (χ4v) is 6.94. The van der Waals surface area contributed by atoms with Crippen molar-refractivity contribution in [2.75, 3.05) is 6.61 Å². The molecule has 0 radical (unpaired) electrons. The molecule has 2 heteroatoms. The molecule has 4 rings (SSSR count). The second-order valence-corrected chi connectivity index (χ2v) is 8.93. The van der Waals surface area contributed by atoms with Crippen LogP contribution in [0.2, 0.25) is 0 Å². The molecule has 3 saturated carbocycles. The SMILES string of the molecule is C[C@]12CC[C@H]3[C@@H](CCC4=CC(=O)C=C[C@@]43C)[C@@H]1CC[C@H]2CCO. The first-order chi connectivity index (χ1) is 11.0. The number of fused-ring (bicyclic) bond motifs is 5. The van der Waals surface area contributed by atoms with Crippen LogP contribution in [0, 0.1) is 34.5 Å². The molecule has 0 bridgehead atoms. The van der Waals surface area contributed by atoms with Crippen LogP contribution in [0.5, 0.6) is 0 Å². The molecule has 3 fully saturated rings. The van der Waals surface area contributed by atoms with Gasteiger partial charge in [0.15, 0.2) is 5.78 Å². The lowest BCUT2D eigenvalue weighted by molar-refractivity contribution is -0.111. The second kappa shape index (κ2) is 5.31. The van der Waals surface area contributed by atoms with Gasteiger partial charge in [-0.1, -0.05) is 25.5 Å². The standard InChI is InChI=1S/C21H30O2/c1-20-11-8-19-17(18(20)6-4-14(20)9-12-22)5-3-15-13-16(23)7-10-21(15,19)2/h7,10,13-14,17-19,22H,3-6,8-9,11-12H2,1-2H3/t14-,17-,18-,19-,20+,21-/m0/s1. The molecule has 0 aromatic carbocycles. The molecule has 0 unspecified atom stereocenters. The highest BCUT2D eigenvalue weighted by molar-refractivity contribution is 6.01. The zero-order valence-corrected chi connectivity index (χ0v) is 14.6. The van der Waals surface area contributed by atoms with E-state index in [2.05, 4.69) is 19.9 Å². The molecular formula is C21H30O2. The molecule has 0 spiro atoms. The number of aliphatic hydroxyl groups excluding tert-OH is 1. The van der Waals surface area contributed by atoms with Crippen LogP contribution in [0.25, 0.3) is 0 Å². The first-order valence-corrected chi connectivity index (χ1v) is 9.54. The Labute approximate surface area is 140 Å². The van der Waals surface area contributed by atoms with Crippen molar-refractivity contribution in [3.8, 4) is 0 Å². The van der Waals surface area contributed by atoms with Gasteiger partial charge in [0.1, 0.15) is 0 Å². The van der Waals surface area contributed by atoms with Crippen molar-refractivity contribution in [2.24, 2.45) is 34.5 Å². The zero-order chi connectivity index (χ0) is 16.2. The molecular weight excluding hydrogens is 284 g/mol. The van der Waals surface area contributed by atoms with E-state index < -0.39 is 0 Å². The fraction of sp³-hybridized carbons (Fsp3) is 0.762. The Kier molecular flexibility index (Phi) is 3.61. The number of ketones is 1. The van der Waals surface area contributed by atoms with Crippen molar-refractivity contribution in [3.05, 3.63) is 23.8 Å². The quantitative estimate of drug-likeness (QED) is 0.825. The van der Waals surface area contributed by atoms with Gasteiger partial charge in [-0.2, -0.15) is 0 Å². The molecule has 0 saturated heterocycles. The van der Waals surface area contributed by atoms with Crippen LogP contribution in [0.4, 0.5) is 0 Å². The summed E-state index contributed by atoms with van der Waals surface area (Å²) >= 11 is 0. The Balaban J connectivity index is 1.64. The minimum atomic E-state index is 0.118. The summed E-state index contributed by atoms with van der Waals surface area (Å²) in [6.07, 6.45) is 14.5. The number of hydrogen-bond acceptors (Lipinski definition) is 2. The van der Waals surface area contributed by atoms with E-state index in [0.717, 1.165) is 24.7 Å². The highest BCUT2D eigenvalue weighted by Crippen LogP contribution is 2.66. The van der Waals surface area contributed by atoms with Crippen LogP contribution >= 0.6 is 0 Å². The predicted molar refractivity (Wildman–Crippen MR) is 91.8 cm³/mol. The number of carbonyl (C=O) groups is 1. The summed E-state index contributed by atoms with van der Waals surface area (Å²) in [6, 6.07) is 0. The lowest BCUT2D eigenvalue weighted by atomic mass is 9.47. The van der Waals surface area contributed by atoms with Crippen LogP contribution in [0.1, 0.15) is 58.8 Å².